The average molecular weight is 275 g/mol. The topological polar surface area (TPSA) is 65.5 Å². The van der Waals surface area contributed by atoms with Crippen molar-refractivity contribution < 1.29 is 23.1 Å². The number of carbonyl (C=O) groups is 1. The summed E-state index contributed by atoms with van der Waals surface area (Å²) in [4.78, 5) is 14.7. The minimum absolute atomic E-state index is 0.0455. The largest absolute Gasteiger partial charge is 0.486 e. The second-order valence-electron chi connectivity index (χ2n) is 4.22. The number of nitrogens with one attached hydrogen (secondary N) is 1. The number of hydrogen-bond acceptors (Lipinski definition) is 4. The van der Waals surface area contributed by atoms with Crippen LogP contribution in [0, 0.1) is 0 Å². The number of anilines is 2. The fourth-order valence-electron chi connectivity index (χ4n) is 1.78. The van der Waals surface area contributed by atoms with Crippen LogP contribution in [-0.2, 0) is 0 Å². The summed E-state index contributed by atoms with van der Waals surface area (Å²) in [5.41, 5.74) is -0.116. The van der Waals surface area contributed by atoms with Gasteiger partial charge in [-0.3, -0.25) is 4.90 Å². The minimum Gasteiger partial charge on any atom is -0.478 e. The standard InChI is InChI=1S/C11H12F3N3O2/c1-15-8-4-6(10(18)19)5-16-9(8)17(7-2-3-7)11(12,13)14/h4-5,7,15H,2-3H2,1H3,(H,18,19). The molecule has 0 aliphatic heterocycles. The first-order valence-corrected chi connectivity index (χ1v) is 5.61. The maximum absolute atomic E-state index is 13.0. The molecule has 19 heavy (non-hydrogen) atoms. The first-order chi connectivity index (χ1) is 8.84. The fourth-order valence-corrected chi connectivity index (χ4v) is 1.78. The Morgan fingerprint density at radius 3 is 2.58 bits per heavy atom. The van der Waals surface area contributed by atoms with Gasteiger partial charge in [0.2, 0.25) is 0 Å². The molecule has 1 aliphatic carbocycles. The molecule has 0 bridgehead atoms. The number of hydrogen-bond donors (Lipinski definition) is 2. The molecule has 0 atom stereocenters. The predicted molar refractivity (Wildman–Crippen MR) is 62.3 cm³/mol. The Labute approximate surface area is 107 Å². The van der Waals surface area contributed by atoms with Crippen LogP contribution in [0.4, 0.5) is 24.7 Å². The van der Waals surface area contributed by atoms with Crippen LogP contribution in [0.2, 0.25) is 0 Å². The lowest BCUT2D eigenvalue weighted by Gasteiger charge is -2.27. The Hall–Kier alpha value is -1.99. The number of aromatic nitrogens is 1. The number of alkyl halides is 3. The molecule has 0 saturated heterocycles. The van der Waals surface area contributed by atoms with Gasteiger partial charge in [-0.05, 0) is 18.9 Å². The number of rotatable bonds is 4. The van der Waals surface area contributed by atoms with Crippen LogP contribution >= 0.6 is 0 Å². The highest BCUT2D eigenvalue weighted by Gasteiger charge is 2.48. The molecular weight excluding hydrogens is 263 g/mol. The van der Waals surface area contributed by atoms with Crippen molar-refractivity contribution in [3.05, 3.63) is 17.8 Å². The van der Waals surface area contributed by atoms with Gasteiger partial charge in [0.15, 0.2) is 5.82 Å². The van der Waals surface area contributed by atoms with Crippen LogP contribution in [0.15, 0.2) is 12.3 Å². The molecule has 2 N–H and O–H groups in total. The van der Waals surface area contributed by atoms with Crippen LogP contribution in [0.25, 0.3) is 0 Å². The van der Waals surface area contributed by atoms with Gasteiger partial charge in [-0.15, -0.1) is 0 Å². The number of aromatic carboxylic acids is 1. The molecule has 2 rings (SSSR count). The zero-order chi connectivity index (χ0) is 14.2. The summed E-state index contributed by atoms with van der Waals surface area (Å²) in [6, 6.07) is 0.529. The third-order valence-corrected chi connectivity index (χ3v) is 2.80. The molecule has 1 fully saturated rings. The van der Waals surface area contributed by atoms with Gasteiger partial charge in [0.25, 0.3) is 0 Å². The third kappa shape index (κ3) is 2.72. The molecule has 0 amide bonds. The van der Waals surface area contributed by atoms with Gasteiger partial charge in [0.1, 0.15) is 0 Å². The van der Waals surface area contributed by atoms with Crippen LogP contribution in [0.3, 0.4) is 0 Å². The molecule has 5 nitrogen and oxygen atoms in total. The van der Waals surface area contributed by atoms with Gasteiger partial charge in [0, 0.05) is 19.3 Å². The van der Waals surface area contributed by atoms with Crippen molar-refractivity contribution in [1.82, 2.24) is 4.98 Å². The van der Waals surface area contributed by atoms with Crippen molar-refractivity contribution in [3.63, 3.8) is 0 Å². The van der Waals surface area contributed by atoms with E-state index in [0.717, 1.165) is 12.3 Å². The van der Waals surface area contributed by atoms with Gasteiger partial charge in [-0.1, -0.05) is 0 Å². The number of carboxylic acids is 1. The highest BCUT2D eigenvalue weighted by molar-refractivity contribution is 5.89. The number of halogens is 3. The van der Waals surface area contributed by atoms with E-state index in [2.05, 4.69) is 10.3 Å². The SMILES string of the molecule is CNc1cc(C(=O)O)cnc1N(C1CC1)C(F)(F)F. The van der Waals surface area contributed by atoms with Crippen molar-refractivity contribution in [2.24, 2.45) is 0 Å². The number of carboxylic acid groups (broad SMARTS) is 1. The smallest absolute Gasteiger partial charge is 0.478 e. The van der Waals surface area contributed by atoms with Crippen molar-refractivity contribution >= 4 is 17.5 Å². The molecule has 104 valence electrons. The molecular formula is C11H12F3N3O2. The number of nitrogens with zero attached hydrogens (tertiary/aromatic N) is 2. The van der Waals surface area contributed by atoms with Gasteiger partial charge in [-0.2, -0.15) is 13.2 Å². The Bertz CT molecular complexity index is 500. The average Bonchev–Trinajstić information content (AvgIpc) is 3.12. The molecule has 1 saturated carbocycles. The molecule has 0 unspecified atom stereocenters. The Kier molecular flexibility index (Phi) is 3.25. The van der Waals surface area contributed by atoms with E-state index >= 15 is 0 Å². The second-order valence-corrected chi connectivity index (χ2v) is 4.22. The lowest BCUT2D eigenvalue weighted by atomic mass is 10.2. The maximum Gasteiger partial charge on any atom is 0.486 e. The van der Waals surface area contributed by atoms with Crippen LogP contribution in [-0.4, -0.2) is 35.4 Å². The summed E-state index contributed by atoms with van der Waals surface area (Å²) >= 11 is 0. The summed E-state index contributed by atoms with van der Waals surface area (Å²) in [6.45, 7) is 0. The van der Waals surface area contributed by atoms with E-state index in [4.69, 9.17) is 5.11 Å². The Morgan fingerprint density at radius 2 is 2.16 bits per heavy atom. The van der Waals surface area contributed by atoms with Crippen molar-refractivity contribution in [1.29, 1.82) is 0 Å². The van der Waals surface area contributed by atoms with E-state index in [-0.39, 0.29) is 22.0 Å². The lowest BCUT2D eigenvalue weighted by Crippen LogP contribution is -2.41. The summed E-state index contributed by atoms with van der Waals surface area (Å²) in [7, 11) is 1.42. The molecule has 1 aliphatic rings. The van der Waals surface area contributed by atoms with Gasteiger partial charge in [-0.25, -0.2) is 9.78 Å². The maximum atomic E-state index is 13.0. The molecule has 0 spiro atoms. The normalized spacial score (nSPS) is 15.2. The Balaban J connectivity index is 2.45. The van der Waals surface area contributed by atoms with Crippen molar-refractivity contribution in [3.8, 4) is 0 Å². The zero-order valence-corrected chi connectivity index (χ0v) is 10.0. The van der Waals surface area contributed by atoms with Crippen molar-refractivity contribution in [2.45, 2.75) is 25.2 Å². The highest BCUT2D eigenvalue weighted by atomic mass is 19.4. The molecule has 1 aromatic rings. The monoisotopic (exact) mass is 275 g/mol. The molecule has 1 heterocycles. The van der Waals surface area contributed by atoms with Gasteiger partial charge >= 0.3 is 12.3 Å². The summed E-state index contributed by atoms with van der Waals surface area (Å²) < 4.78 is 39.0. The van der Waals surface area contributed by atoms with E-state index < -0.39 is 18.3 Å². The second kappa shape index (κ2) is 4.60. The van der Waals surface area contributed by atoms with Crippen LogP contribution in [0.1, 0.15) is 23.2 Å². The Morgan fingerprint density at radius 1 is 1.53 bits per heavy atom. The molecule has 1 aromatic heterocycles. The van der Waals surface area contributed by atoms with E-state index in [1.165, 1.54) is 7.05 Å². The first-order valence-electron chi connectivity index (χ1n) is 5.61. The van der Waals surface area contributed by atoms with Crippen LogP contribution < -0.4 is 10.2 Å². The minimum atomic E-state index is -4.54. The van der Waals surface area contributed by atoms with Crippen molar-refractivity contribution in [2.75, 3.05) is 17.3 Å². The zero-order valence-electron chi connectivity index (χ0n) is 10.0. The third-order valence-electron chi connectivity index (χ3n) is 2.80. The first kappa shape index (κ1) is 13.4. The van der Waals surface area contributed by atoms with Crippen LogP contribution in [0.5, 0.6) is 0 Å². The number of pyridine rings is 1. The van der Waals surface area contributed by atoms with Gasteiger partial charge in [0.05, 0.1) is 11.3 Å². The van der Waals surface area contributed by atoms with E-state index in [9.17, 15) is 18.0 Å². The van der Waals surface area contributed by atoms with Gasteiger partial charge < -0.3 is 10.4 Å². The molecule has 0 radical (unpaired) electrons. The summed E-state index contributed by atoms with van der Waals surface area (Å²) in [5.74, 6) is -1.52. The quantitative estimate of drug-likeness (QED) is 0.825. The summed E-state index contributed by atoms with van der Waals surface area (Å²) in [5, 5.41) is 11.4. The lowest BCUT2D eigenvalue weighted by molar-refractivity contribution is -0.131. The van der Waals surface area contributed by atoms with E-state index in [0.29, 0.717) is 12.8 Å². The fraction of sp³-hybridized carbons (Fsp3) is 0.455. The molecule has 8 heteroatoms. The molecule has 0 aromatic carbocycles. The highest BCUT2D eigenvalue weighted by Crippen LogP contribution is 2.41. The predicted octanol–water partition coefficient (Wildman–Crippen LogP) is 2.31. The summed E-state index contributed by atoms with van der Waals surface area (Å²) in [6.07, 6.45) is -2.71. The van der Waals surface area contributed by atoms with E-state index in [1.807, 2.05) is 0 Å². The van der Waals surface area contributed by atoms with E-state index in [1.54, 1.807) is 0 Å².